The third kappa shape index (κ3) is 8.72. The Kier molecular flexibility index (Phi) is 12.0. The topological polar surface area (TPSA) is 26.3 Å². The lowest BCUT2D eigenvalue weighted by Crippen LogP contribution is -2.25. The van der Waals surface area contributed by atoms with Crippen LogP contribution in [0, 0.1) is 29.6 Å². The van der Waals surface area contributed by atoms with Crippen LogP contribution >= 0.6 is 0 Å². The molecule has 0 amide bonds. The van der Waals surface area contributed by atoms with Crippen LogP contribution in [-0.2, 0) is 4.79 Å². The lowest BCUT2D eigenvalue weighted by Gasteiger charge is -2.37. The van der Waals surface area contributed by atoms with Crippen LogP contribution < -0.4 is 4.74 Å². The van der Waals surface area contributed by atoms with Crippen molar-refractivity contribution in [3.8, 4) is 5.75 Å². The van der Waals surface area contributed by atoms with Crippen LogP contribution in [-0.4, -0.2) is 6.47 Å². The van der Waals surface area contributed by atoms with E-state index >= 15 is 0 Å². The second kappa shape index (κ2) is 14.9. The molecule has 3 saturated carbocycles. The average Bonchev–Trinajstić information content (AvgIpc) is 2.87. The summed E-state index contributed by atoms with van der Waals surface area (Å²) in [7, 11) is 0. The molecule has 0 aliphatic heterocycles. The molecule has 1 aromatic carbocycles. The molecule has 0 saturated heterocycles. The summed E-state index contributed by atoms with van der Waals surface area (Å²) in [5, 5.41) is 0. The van der Waals surface area contributed by atoms with E-state index in [1.54, 1.807) is 38.5 Å². The van der Waals surface area contributed by atoms with Crippen molar-refractivity contribution in [1.82, 2.24) is 0 Å². The van der Waals surface area contributed by atoms with E-state index in [0.29, 0.717) is 18.1 Å². The van der Waals surface area contributed by atoms with Crippen molar-refractivity contribution in [2.75, 3.05) is 0 Å². The maximum atomic E-state index is 10.2. The van der Waals surface area contributed by atoms with Crippen LogP contribution in [0.25, 0.3) is 0 Å². The molecule has 34 heavy (non-hydrogen) atoms. The molecule has 3 aliphatic carbocycles. The van der Waals surface area contributed by atoms with Gasteiger partial charge >= 0.3 is 0 Å². The number of hydrogen-bond donors (Lipinski definition) is 0. The molecule has 192 valence electrons. The monoisotopic (exact) mass is 468 g/mol. The van der Waals surface area contributed by atoms with Gasteiger partial charge in [0.25, 0.3) is 6.47 Å². The molecular weight excluding hydrogens is 416 g/mol. The molecule has 3 aliphatic rings. The standard InChI is InChI=1S/C16H22O2.C16H30/c1-2-3-13-4-6-14(7-5-13)15-8-10-16(11-9-15)18-12-17;1-3-4-14-7-11-16(12-8-14)15-9-5-13(2)6-10-15/h8-14H,2-7H2,1H3;13-16H,3-12H2,1-2H3. The van der Waals surface area contributed by atoms with E-state index in [4.69, 9.17) is 4.74 Å². The van der Waals surface area contributed by atoms with Crippen LogP contribution in [0.15, 0.2) is 24.3 Å². The highest BCUT2D eigenvalue weighted by molar-refractivity contribution is 5.45. The highest BCUT2D eigenvalue weighted by atomic mass is 16.5. The van der Waals surface area contributed by atoms with Crippen molar-refractivity contribution >= 4 is 6.47 Å². The maximum absolute atomic E-state index is 10.2. The van der Waals surface area contributed by atoms with Crippen molar-refractivity contribution in [1.29, 1.82) is 0 Å². The number of ether oxygens (including phenoxy) is 1. The minimum absolute atomic E-state index is 0.477. The minimum atomic E-state index is 0.477. The Morgan fingerprint density at radius 1 is 0.706 bits per heavy atom. The van der Waals surface area contributed by atoms with E-state index < -0.39 is 0 Å². The van der Waals surface area contributed by atoms with Gasteiger partial charge in [-0.1, -0.05) is 84.3 Å². The van der Waals surface area contributed by atoms with E-state index in [-0.39, 0.29) is 0 Å². The Bertz CT molecular complexity index is 657. The Balaban J connectivity index is 0.000000192. The molecule has 3 fully saturated rings. The van der Waals surface area contributed by atoms with Gasteiger partial charge < -0.3 is 4.74 Å². The van der Waals surface area contributed by atoms with Crippen molar-refractivity contribution in [2.45, 2.75) is 129 Å². The van der Waals surface area contributed by atoms with Crippen LogP contribution in [0.4, 0.5) is 0 Å². The van der Waals surface area contributed by atoms with Crippen molar-refractivity contribution in [3.05, 3.63) is 29.8 Å². The first-order chi connectivity index (χ1) is 16.6. The van der Waals surface area contributed by atoms with Gasteiger partial charge in [0.05, 0.1) is 0 Å². The smallest absolute Gasteiger partial charge is 0.298 e. The predicted molar refractivity (Wildman–Crippen MR) is 144 cm³/mol. The molecule has 2 nitrogen and oxygen atoms in total. The zero-order valence-electron chi connectivity index (χ0n) is 22.5. The first kappa shape index (κ1) is 27.3. The summed E-state index contributed by atoms with van der Waals surface area (Å²) in [6.45, 7) is 7.53. The molecule has 2 heteroatoms. The molecule has 0 atom stereocenters. The van der Waals surface area contributed by atoms with Gasteiger partial charge in [0.1, 0.15) is 5.75 Å². The highest BCUT2D eigenvalue weighted by Crippen LogP contribution is 2.42. The Hall–Kier alpha value is -1.31. The van der Waals surface area contributed by atoms with Gasteiger partial charge in [0.2, 0.25) is 0 Å². The second-order valence-electron chi connectivity index (χ2n) is 11.9. The second-order valence-corrected chi connectivity index (χ2v) is 11.9. The Morgan fingerprint density at radius 2 is 1.18 bits per heavy atom. The molecule has 0 heterocycles. The largest absolute Gasteiger partial charge is 0.429 e. The van der Waals surface area contributed by atoms with Crippen molar-refractivity contribution < 1.29 is 9.53 Å². The van der Waals surface area contributed by atoms with Crippen LogP contribution in [0.2, 0.25) is 0 Å². The normalized spacial score (nSPS) is 31.7. The van der Waals surface area contributed by atoms with Crippen molar-refractivity contribution in [3.63, 3.8) is 0 Å². The van der Waals surface area contributed by atoms with Gasteiger partial charge in [-0.15, -0.1) is 0 Å². The summed E-state index contributed by atoms with van der Waals surface area (Å²) in [6, 6.07) is 7.98. The summed E-state index contributed by atoms with van der Waals surface area (Å²) in [4.78, 5) is 10.2. The quantitative estimate of drug-likeness (QED) is 0.355. The fraction of sp³-hybridized carbons (Fsp3) is 0.781. The number of hydrogen-bond acceptors (Lipinski definition) is 2. The summed E-state index contributed by atoms with van der Waals surface area (Å²) in [5.41, 5.74) is 1.39. The van der Waals surface area contributed by atoms with Crippen LogP contribution in [0.1, 0.15) is 135 Å². The number of rotatable bonds is 8. The molecule has 0 bridgehead atoms. The maximum Gasteiger partial charge on any atom is 0.298 e. The van der Waals surface area contributed by atoms with E-state index in [0.717, 1.165) is 29.6 Å². The molecule has 0 radical (unpaired) electrons. The van der Waals surface area contributed by atoms with E-state index in [9.17, 15) is 4.79 Å². The van der Waals surface area contributed by atoms with Gasteiger partial charge in [-0.25, -0.2) is 0 Å². The van der Waals surface area contributed by atoms with Gasteiger partial charge in [0, 0.05) is 0 Å². The van der Waals surface area contributed by atoms with E-state index in [2.05, 4.69) is 32.9 Å². The highest BCUT2D eigenvalue weighted by Gasteiger charge is 2.29. The molecular formula is C32H52O2. The zero-order valence-corrected chi connectivity index (χ0v) is 22.5. The summed E-state index contributed by atoms with van der Waals surface area (Å²) in [5.74, 6) is 6.61. The predicted octanol–water partition coefficient (Wildman–Crippen LogP) is 9.71. The third-order valence-corrected chi connectivity index (χ3v) is 9.39. The van der Waals surface area contributed by atoms with Gasteiger partial charge in [0.15, 0.2) is 0 Å². The third-order valence-electron chi connectivity index (χ3n) is 9.39. The van der Waals surface area contributed by atoms with Gasteiger partial charge in [-0.3, -0.25) is 4.79 Å². The first-order valence-corrected chi connectivity index (χ1v) is 14.8. The summed E-state index contributed by atoms with van der Waals surface area (Å²) in [6.07, 6.45) is 23.3. The summed E-state index contributed by atoms with van der Waals surface area (Å²) < 4.78 is 4.82. The fourth-order valence-electron chi connectivity index (χ4n) is 7.18. The SMILES string of the molecule is CCCC1CCC(C2CCC(C)CC2)CC1.CCCC1CCC(c2ccc(OC=O)cc2)CC1. The molecule has 0 spiro atoms. The number of carbonyl (C=O) groups excluding carboxylic acids is 1. The lowest BCUT2D eigenvalue weighted by atomic mass is 9.69. The number of carbonyl (C=O) groups is 1. The fourth-order valence-corrected chi connectivity index (χ4v) is 7.18. The molecule has 0 N–H and O–H groups in total. The van der Waals surface area contributed by atoms with Gasteiger partial charge in [-0.2, -0.15) is 0 Å². The Morgan fingerprint density at radius 3 is 1.65 bits per heavy atom. The Labute approximate surface area is 210 Å². The first-order valence-electron chi connectivity index (χ1n) is 14.8. The van der Waals surface area contributed by atoms with Crippen molar-refractivity contribution in [2.24, 2.45) is 29.6 Å². The summed E-state index contributed by atoms with van der Waals surface area (Å²) >= 11 is 0. The minimum Gasteiger partial charge on any atom is -0.429 e. The van der Waals surface area contributed by atoms with Crippen LogP contribution in [0.3, 0.4) is 0 Å². The number of benzene rings is 1. The zero-order chi connectivity index (χ0) is 24.2. The van der Waals surface area contributed by atoms with Crippen LogP contribution in [0.5, 0.6) is 5.75 Å². The molecule has 4 rings (SSSR count). The molecule has 1 aromatic rings. The molecule has 0 unspecified atom stereocenters. The van der Waals surface area contributed by atoms with E-state index in [1.165, 1.54) is 69.8 Å². The molecule has 0 aromatic heterocycles. The average molecular weight is 469 g/mol. The van der Waals surface area contributed by atoms with E-state index in [1.807, 2.05) is 12.1 Å². The van der Waals surface area contributed by atoms with Gasteiger partial charge in [-0.05, 0) is 105 Å². The lowest BCUT2D eigenvalue weighted by molar-refractivity contribution is -0.120.